The summed E-state index contributed by atoms with van der Waals surface area (Å²) in [4.78, 5) is 0. The number of hydrogen-bond donors (Lipinski definition) is 16. The Morgan fingerprint density at radius 1 is 0.351 bits per heavy atom. The van der Waals surface area contributed by atoms with Crippen molar-refractivity contribution >= 4 is 0 Å². The maximum absolute atomic E-state index is 11.3. The molecule has 0 amide bonds. The molecule has 0 aromatic heterocycles. The van der Waals surface area contributed by atoms with Gasteiger partial charge in [-0.15, -0.1) is 0 Å². The summed E-state index contributed by atoms with van der Waals surface area (Å²) >= 11 is 0. The molecule has 17 N–H and O–H groups in total. The molecule has 0 spiro atoms. The Morgan fingerprint density at radius 3 is 1.12 bits per heavy atom. The Kier molecular flexibility index (Phi) is 16.7. The lowest BCUT2D eigenvalue weighted by molar-refractivity contribution is -0.386. The van der Waals surface area contributed by atoms with Crippen LogP contribution in [-0.4, -0.2) is 270 Å². The number of aliphatic hydroxyl groups excluding tert-OH is 15. The summed E-state index contributed by atoms with van der Waals surface area (Å²) in [6.45, 7) is -4.30. The summed E-state index contributed by atoms with van der Waals surface area (Å²) in [6.07, 6.45) is -41.7. The number of aliphatic hydroxyl groups is 15. The molecular formula is C31H55NO25. The zero-order valence-electron chi connectivity index (χ0n) is 30.3. The van der Waals surface area contributed by atoms with Crippen molar-refractivity contribution in [3.8, 4) is 0 Å². The average Bonchev–Trinajstić information content (AvgIpc) is 3.20. The van der Waals surface area contributed by atoms with Crippen LogP contribution in [0.1, 0.15) is 0 Å². The minimum absolute atomic E-state index is 0.756. The van der Waals surface area contributed by atoms with Gasteiger partial charge in [0, 0.05) is 7.11 Å². The van der Waals surface area contributed by atoms with Crippen molar-refractivity contribution in [2.75, 3.05) is 40.1 Å². The third-order valence-corrected chi connectivity index (χ3v) is 10.6. The van der Waals surface area contributed by atoms with E-state index in [0.29, 0.717) is 0 Å². The van der Waals surface area contributed by atoms with Gasteiger partial charge in [0.15, 0.2) is 31.5 Å². The van der Waals surface area contributed by atoms with Crippen LogP contribution in [-0.2, 0) is 47.4 Å². The third kappa shape index (κ3) is 9.56. The third-order valence-electron chi connectivity index (χ3n) is 10.6. The van der Waals surface area contributed by atoms with E-state index in [9.17, 15) is 76.6 Å². The Bertz CT molecular complexity index is 1230. The average molecular weight is 842 g/mol. The standard InChI is InChI=1S/C31H55NO25/c1-48-28-20(45)18(43)24(11(6-37)53-28)55-31-21(46)25(14(39)8(3-34)51-31)56-27-12(32)16(41)23(10(5-36)52-27)54-30-22(47)26(15(40)9(4-35)50-30)57-29-19(44)17(42)13(38)7(2-33)49-29/h7-31,33-47H,2-6,32H2,1H3/t7?,8?,9?,10?,11?,12?,13-,14-,15-,16?,17?,18?,19?,20?,21?,22?,23+,24+,25?,26?,27-,28?,29?,30?,31-/m0/s1. The zero-order valence-corrected chi connectivity index (χ0v) is 30.3. The first-order valence-electron chi connectivity index (χ1n) is 18.1. The Hall–Kier alpha value is -1.04. The van der Waals surface area contributed by atoms with Crippen molar-refractivity contribution in [3.05, 3.63) is 0 Å². The van der Waals surface area contributed by atoms with E-state index in [2.05, 4.69) is 0 Å². The number of rotatable bonds is 14. The van der Waals surface area contributed by atoms with Crippen molar-refractivity contribution in [1.82, 2.24) is 0 Å². The van der Waals surface area contributed by atoms with Gasteiger partial charge in [0.1, 0.15) is 116 Å². The molecule has 0 bridgehead atoms. The van der Waals surface area contributed by atoms with E-state index in [4.69, 9.17) is 53.1 Å². The van der Waals surface area contributed by atoms with Crippen molar-refractivity contribution < 1.29 is 124 Å². The highest BCUT2D eigenvalue weighted by molar-refractivity contribution is 4.99. The quantitative estimate of drug-likeness (QED) is 0.0772. The van der Waals surface area contributed by atoms with Crippen LogP contribution in [0.2, 0.25) is 0 Å². The molecule has 0 aromatic carbocycles. The van der Waals surface area contributed by atoms with Crippen LogP contribution < -0.4 is 5.73 Å². The lowest BCUT2D eigenvalue weighted by Crippen LogP contribution is -2.69. The molecule has 0 aromatic rings. The van der Waals surface area contributed by atoms with E-state index < -0.39 is 187 Å². The first-order chi connectivity index (χ1) is 27.1. The van der Waals surface area contributed by atoms with Crippen LogP contribution >= 0.6 is 0 Å². The van der Waals surface area contributed by atoms with Crippen molar-refractivity contribution in [2.24, 2.45) is 5.73 Å². The van der Waals surface area contributed by atoms with Gasteiger partial charge in [-0.2, -0.15) is 0 Å². The smallest absolute Gasteiger partial charge is 0.187 e. The molecule has 5 aliphatic heterocycles. The predicted octanol–water partition coefficient (Wildman–Crippen LogP) is -11.3. The maximum Gasteiger partial charge on any atom is 0.187 e. The van der Waals surface area contributed by atoms with Gasteiger partial charge in [0.2, 0.25) is 0 Å². The van der Waals surface area contributed by atoms with Gasteiger partial charge in [0.25, 0.3) is 0 Å². The Balaban J connectivity index is 1.29. The molecule has 5 heterocycles. The minimum Gasteiger partial charge on any atom is -0.394 e. The second-order valence-corrected chi connectivity index (χ2v) is 14.2. The van der Waals surface area contributed by atoms with Gasteiger partial charge >= 0.3 is 0 Å². The lowest BCUT2D eigenvalue weighted by Gasteiger charge is -2.50. The molecule has 26 nitrogen and oxygen atoms in total. The minimum atomic E-state index is -2.04. The monoisotopic (exact) mass is 841 g/mol. The number of methoxy groups -OCH3 is 1. The molecular weight excluding hydrogens is 786 g/mol. The fourth-order valence-electron chi connectivity index (χ4n) is 7.25. The van der Waals surface area contributed by atoms with Crippen LogP contribution in [0.15, 0.2) is 0 Å². The summed E-state index contributed by atoms with van der Waals surface area (Å²) in [5.74, 6) is 0. The molecule has 5 rings (SSSR count). The van der Waals surface area contributed by atoms with Crippen LogP contribution in [0.5, 0.6) is 0 Å². The number of ether oxygens (including phenoxy) is 10. The molecule has 5 fully saturated rings. The van der Waals surface area contributed by atoms with Gasteiger partial charge < -0.3 is 130 Å². The zero-order chi connectivity index (χ0) is 42.0. The summed E-state index contributed by atoms with van der Waals surface area (Å²) in [6, 6.07) is -1.65. The van der Waals surface area contributed by atoms with Crippen molar-refractivity contribution in [2.45, 2.75) is 153 Å². The van der Waals surface area contributed by atoms with Gasteiger partial charge in [-0.05, 0) is 0 Å². The normalized spacial score (nSPS) is 52.5. The number of nitrogens with two attached hydrogens (primary N) is 1. The van der Waals surface area contributed by atoms with Crippen molar-refractivity contribution in [3.63, 3.8) is 0 Å². The van der Waals surface area contributed by atoms with Gasteiger partial charge in [0.05, 0.1) is 39.1 Å². The van der Waals surface area contributed by atoms with E-state index in [0.717, 1.165) is 0 Å². The van der Waals surface area contributed by atoms with Crippen LogP contribution in [0.3, 0.4) is 0 Å². The van der Waals surface area contributed by atoms with Crippen LogP contribution in [0.25, 0.3) is 0 Å². The second-order valence-electron chi connectivity index (χ2n) is 14.2. The van der Waals surface area contributed by atoms with Gasteiger partial charge in [-0.1, -0.05) is 0 Å². The Labute approximate surface area is 323 Å². The van der Waals surface area contributed by atoms with E-state index in [1.807, 2.05) is 0 Å². The summed E-state index contributed by atoms with van der Waals surface area (Å²) in [7, 11) is 1.18. The highest BCUT2D eigenvalue weighted by Gasteiger charge is 2.56. The molecule has 0 aliphatic carbocycles. The predicted molar refractivity (Wildman–Crippen MR) is 173 cm³/mol. The number of hydrogen-bond acceptors (Lipinski definition) is 26. The molecule has 5 aliphatic rings. The van der Waals surface area contributed by atoms with E-state index in [1.165, 1.54) is 7.11 Å². The van der Waals surface area contributed by atoms with Crippen molar-refractivity contribution in [1.29, 1.82) is 0 Å². The largest absolute Gasteiger partial charge is 0.394 e. The second kappa shape index (κ2) is 20.2. The van der Waals surface area contributed by atoms with Crippen LogP contribution in [0.4, 0.5) is 0 Å². The molecule has 25 atom stereocenters. The molecule has 0 saturated carbocycles. The fraction of sp³-hybridized carbons (Fsp3) is 1.00. The molecule has 5 saturated heterocycles. The summed E-state index contributed by atoms with van der Waals surface area (Å²) < 4.78 is 55.2. The van der Waals surface area contributed by atoms with E-state index in [1.54, 1.807) is 0 Å². The highest BCUT2D eigenvalue weighted by atomic mass is 16.8. The first-order valence-corrected chi connectivity index (χ1v) is 18.1. The maximum atomic E-state index is 11.3. The first kappa shape index (κ1) is 47.0. The van der Waals surface area contributed by atoms with Gasteiger partial charge in [-0.3, -0.25) is 0 Å². The Morgan fingerprint density at radius 2 is 0.684 bits per heavy atom. The molecule has 26 heteroatoms. The fourth-order valence-corrected chi connectivity index (χ4v) is 7.25. The summed E-state index contributed by atoms with van der Waals surface area (Å²) in [5, 5.41) is 157. The van der Waals surface area contributed by atoms with Crippen LogP contribution in [0, 0.1) is 0 Å². The van der Waals surface area contributed by atoms with E-state index in [-0.39, 0.29) is 0 Å². The van der Waals surface area contributed by atoms with E-state index >= 15 is 0 Å². The molecule has 0 radical (unpaired) electrons. The highest BCUT2D eigenvalue weighted by Crippen LogP contribution is 2.35. The lowest BCUT2D eigenvalue weighted by atomic mass is 9.94. The molecule has 18 unspecified atom stereocenters. The SMILES string of the molecule is COC1OC(CO)[C@@H](O[C@@H]2OC(CO)[C@H](O)C(O[C@@H]3OC(CO)[C@@H](OC4OC(CO)[C@H](O)C(OC5OC(CO)[C@H](O)C(O)C5O)C4O)C(O)C3N)C2O)C(O)C1O. The van der Waals surface area contributed by atoms with Gasteiger partial charge in [-0.25, -0.2) is 0 Å². The molecule has 334 valence electrons. The topological polar surface area (TPSA) is 422 Å². The summed E-state index contributed by atoms with van der Waals surface area (Å²) in [5.41, 5.74) is 6.25. The molecule has 57 heavy (non-hydrogen) atoms.